The number of aromatic nitrogens is 1. The van der Waals surface area contributed by atoms with Gasteiger partial charge in [0, 0.05) is 18.5 Å². The Morgan fingerprint density at radius 2 is 2.17 bits per heavy atom. The predicted molar refractivity (Wildman–Crippen MR) is 93.5 cm³/mol. The molecule has 0 spiro atoms. The van der Waals surface area contributed by atoms with Crippen LogP contribution in [-0.4, -0.2) is 60.0 Å². The SMILES string of the molecule is CC1(CN)CCN(CC(=O)Nc2nc(CN3CCCC3)cs2)C1. The second-order valence-electron chi connectivity index (χ2n) is 7.15. The highest BCUT2D eigenvalue weighted by atomic mass is 32.1. The molecule has 3 N–H and O–H groups in total. The minimum Gasteiger partial charge on any atom is -0.330 e. The van der Waals surface area contributed by atoms with Gasteiger partial charge in [0.05, 0.1) is 12.2 Å². The topological polar surface area (TPSA) is 74.5 Å². The molecule has 2 aliphatic rings. The van der Waals surface area contributed by atoms with Gasteiger partial charge in [-0.25, -0.2) is 4.98 Å². The minimum absolute atomic E-state index is 0.0216. The fraction of sp³-hybridized carbons (Fsp3) is 0.750. The van der Waals surface area contributed by atoms with Crippen molar-refractivity contribution in [3.05, 3.63) is 11.1 Å². The van der Waals surface area contributed by atoms with E-state index < -0.39 is 0 Å². The quantitative estimate of drug-likeness (QED) is 0.820. The molecule has 23 heavy (non-hydrogen) atoms. The van der Waals surface area contributed by atoms with E-state index in [-0.39, 0.29) is 11.3 Å². The number of nitrogens with two attached hydrogens (primary N) is 1. The third-order valence-corrected chi connectivity index (χ3v) is 5.69. The lowest BCUT2D eigenvalue weighted by Crippen LogP contribution is -2.35. The van der Waals surface area contributed by atoms with E-state index in [4.69, 9.17) is 5.73 Å². The third-order valence-electron chi connectivity index (χ3n) is 4.88. The van der Waals surface area contributed by atoms with Crippen LogP contribution < -0.4 is 11.1 Å². The number of thiazole rings is 1. The van der Waals surface area contributed by atoms with Crippen molar-refractivity contribution in [2.24, 2.45) is 11.1 Å². The summed E-state index contributed by atoms with van der Waals surface area (Å²) < 4.78 is 0. The van der Waals surface area contributed by atoms with E-state index in [0.29, 0.717) is 18.2 Å². The first-order valence-electron chi connectivity index (χ1n) is 8.45. The van der Waals surface area contributed by atoms with Crippen LogP contribution in [0.4, 0.5) is 5.13 Å². The van der Waals surface area contributed by atoms with E-state index in [2.05, 4.69) is 32.4 Å². The number of hydrogen-bond donors (Lipinski definition) is 2. The molecule has 1 aromatic heterocycles. The Bertz CT molecular complexity index is 542. The van der Waals surface area contributed by atoms with Gasteiger partial charge in [0.15, 0.2) is 5.13 Å². The predicted octanol–water partition coefficient (Wildman–Crippen LogP) is 1.35. The van der Waals surface area contributed by atoms with Crippen molar-refractivity contribution in [1.82, 2.24) is 14.8 Å². The van der Waals surface area contributed by atoms with Crippen LogP contribution in [0.25, 0.3) is 0 Å². The second kappa shape index (κ2) is 7.25. The van der Waals surface area contributed by atoms with Gasteiger partial charge in [-0.3, -0.25) is 14.6 Å². The third kappa shape index (κ3) is 4.50. The Hall–Kier alpha value is -1.02. The zero-order chi connectivity index (χ0) is 16.3. The molecule has 0 bridgehead atoms. The molecule has 0 aliphatic carbocycles. The highest BCUT2D eigenvalue weighted by molar-refractivity contribution is 7.13. The zero-order valence-electron chi connectivity index (χ0n) is 13.9. The minimum atomic E-state index is 0.0216. The van der Waals surface area contributed by atoms with Gasteiger partial charge >= 0.3 is 0 Å². The molecule has 0 radical (unpaired) electrons. The molecule has 7 heteroatoms. The molecule has 2 fully saturated rings. The summed E-state index contributed by atoms with van der Waals surface area (Å²) in [5, 5.41) is 5.70. The Labute approximate surface area is 142 Å². The Kier molecular flexibility index (Phi) is 5.31. The lowest BCUT2D eigenvalue weighted by atomic mass is 9.90. The molecule has 1 unspecified atom stereocenters. The number of likely N-dealkylation sites (tertiary alicyclic amines) is 2. The van der Waals surface area contributed by atoms with Gasteiger partial charge in [-0.05, 0) is 50.9 Å². The number of nitrogens with zero attached hydrogens (tertiary/aromatic N) is 3. The van der Waals surface area contributed by atoms with Crippen LogP contribution in [0.3, 0.4) is 0 Å². The summed E-state index contributed by atoms with van der Waals surface area (Å²) in [6.45, 7) is 8.36. The van der Waals surface area contributed by atoms with Gasteiger partial charge in [0.2, 0.25) is 5.91 Å². The largest absolute Gasteiger partial charge is 0.330 e. The second-order valence-corrected chi connectivity index (χ2v) is 8.01. The molecule has 2 aliphatic heterocycles. The average molecular weight is 337 g/mol. The molecule has 0 saturated carbocycles. The Balaban J connectivity index is 1.46. The normalized spacial score (nSPS) is 26.0. The van der Waals surface area contributed by atoms with E-state index in [1.807, 2.05) is 0 Å². The first-order chi connectivity index (χ1) is 11.1. The van der Waals surface area contributed by atoms with Crippen LogP contribution in [0.1, 0.15) is 31.9 Å². The maximum absolute atomic E-state index is 12.2. The first kappa shape index (κ1) is 16.8. The number of hydrogen-bond acceptors (Lipinski definition) is 6. The van der Waals surface area contributed by atoms with Crippen molar-refractivity contribution in [3.8, 4) is 0 Å². The molecular formula is C16H27N5OS. The molecule has 2 saturated heterocycles. The van der Waals surface area contributed by atoms with Gasteiger partial charge in [0.1, 0.15) is 0 Å². The number of rotatable bonds is 6. The van der Waals surface area contributed by atoms with E-state index >= 15 is 0 Å². The van der Waals surface area contributed by atoms with Crippen molar-refractivity contribution in [1.29, 1.82) is 0 Å². The van der Waals surface area contributed by atoms with Crippen LogP contribution in [0.5, 0.6) is 0 Å². The van der Waals surface area contributed by atoms with E-state index in [1.54, 1.807) is 0 Å². The average Bonchev–Trinajstić information content (AvgIpc) is 3.23. The first-order valence-corrected chi connectivity index (χ1v) is 9.33. The maximum atomic E-state index is 12.2. The Morgan fingerprint density at radius 3 is 2.87 bits per heavy atom. The summed E-state index contributed by atoms with van der Waals surface area (Å²) in [5.41, 5.74) is 7.03. The van der Waals surface area contributed by atoms with E-state index in [9.17, 15) is 4.79 Å². The Morgan fingerprint density at radius 1 is 1.39 bits per heavy atom. The molecular weight excluding hydrogens is 310 g/mol. The van der Waals surface area contributed by atoms with E-state index in [1.165, 1.54) is 24.2 Å². The molecule has 1 amide bonds. The van der Waals surface area contributed by atoms with Crippen molar-refractivity contribution < 1.29 is 4.79 Å². The van der Waals surface area contributed by atoms with Crippen LogP contribution in [0, 0.1) is 5.41 Å². The molecule has 0 aromatic carbocycles. The number of anilines is 1. The molecule has 128 valence electrons. The van der Waals surface area contributed by atoms with Crippen molar-refractivity contribution in [2.75, 3.05) is 44.6 Å². The summed E-state index contributed by atoms with van der Waals surface area (Å²) in [4.78, 5) is 21.3. The van der Waals surface area contributed by atoms with Crippen molar-refractivity contribution in [2.45, 2.75) is 32.7 Å². The zero-order valence-corrected chi connectivity index (χ0v) is 14.7. The van der Waals surface area contributed by atoms with Gasteiger partial charge in [0.25, 0.3) is 0 Å². The molecule has 3 heterocycles. The van der Waals surface area contributed by atoms with Crippen LogP contribution >= 0.6 is 11.3 Å². The summed E-state index contributed by atoms with van der Waals surface area (Å²) >= 11 is 1.52. The summed E-state index contributed by atoms with van der Waals surface area (Å²) in [6, 6.07) is 0. The maximum Gasteiger partial charge on any atom is 0.240 e. The van der Waals surface area contributed by atoms with Gasteiger partial charge in [-0.2, -0.15) is 0 Å². The molecule has 6 nitrogen and oxygen atoms in total. The van der Waals surface area contributed by atoms with Gasteiger partial charge < -0.3 is 11.1 Å². The van der Waals surface area contributed by atoms with Crippen molar-refractivity contribution in [3.63, 3.8) is 0 Å². The van der Waals surface area contributed by atoms with Gasteiger partial charge in [-0.1, -0.05) is 6.92 Å². The summed E-state index contributed by atoms with van der Waals surface area (Å²) in [7, 11) is 0. The molecule has 1 atom stereocenters. The van der Waals surface area contributed by atoms with Crippen LogP contribution in [0.2, 0.25) is 0 Å². The number of carbonyl (C=O) groups is 1. The highest BCUT2D eigenvalue weighted by Crippen LogP contribution is 2.28. The van der Waals surface area contributed by atoms with Gasteiger partial charge in [-0.15, -0.1) is 11.3 Å². The number of amides is 1. The fourth-order valence-corrected chi connectivity index (χ4v) is 4.11. The van der Waals surface area contributed by atoms with Crippen LogP contribution in [0.15, 0.2) is 5.38 Å². The highest BCUT2D eigenvalue weighted by Gasteiger charge is 2.33. The molecule has 1 aromatic rings. The number of nitrogens with one attached hydrogen (secondary N) is 1. The van der Waals surface area contributed by atoms with Crippen LogP contribution in [-0.2, 0) is 11.3 Å². The number of carbonyl (C=O) groups excluding carboxylic acids is 1. The lowest BCUT2D eigenvalue weighted by molar-refractivity contribution is -0.117. The monoisotopic (exact) mass is 337 g/mol. The lowest BCUT2D eigenvalue weighted by Gasteiger charge is -2.22. The summed E-state index contributed by atoms with van der Waals surface area (Å²) in [5.74, 6) is 0.0216. The molecule has 3 rings (SSSR count). The summed E-state index contributed by atoms with van der Waals surface area (Å²) in [6.07, 6.45) is 3.63. The fourth-order valence-electron chi connectivity index (χ4n) is 3.40. The van der Waals surface area contributed by atoms with Crippen molar-refractivity contribution >= 4 is 22.4 Å². The standard InChI is InChI=1S/C16H27N5OS/c1-16(11-17)4-7-21(12-16)9-14(22)19-15-18-13(10-23-15)8-20-5-2-3-6-20/h10H,2-9,11-12,17H2,1H3,(H,18,19,22). The van der Waals surface area contributed by atoms with E-state index in [0.717, 1.165) is 44.8 Å². The smallest absolute Gasteiger partial charge is 0.240 e.